The number of aromatic nitrogens is 2. The lowest BCUT2D eigenvalue weighted by Crippen LogP contribution is -1.95. The van der Waals surface area contributed by atoms with Gasteiger partial charge in [-0.3, -0.25) is 4.98 Å². The van der Waals surface area contributed by atoms with Crippen LogP contribution >= 0.6 is 11.3 Å². The Labute approximate surface area is 122 Å². The Hall–Kier alpha value is -2.04. The van der Waals surface area contributed by atoms with E-state index in [-0.39, 0.29) is 0 Å². The predicted octanol–water partition coefficient (Wildman–Crippen LogP) is 3.25. The van der Waals surface area contributed by atoms with Gasteiger partial charge < -0.3 is 5.73 Å². The molecule has 0 amide bonds. The van der Waals surface area contributed by atoms with E-state index in [1.165, 1.54) is 5.56 Å². The molecule has 20 heavy (non-hydrogen) atoms. The van der Waals surface area contributed by atoms with E-state index in [0.717, 1.165) is 27.6 Å². The molecule has 0 spiro atoms. The van der Waals surface area contributed by atoms with Crippen molar-refractivity contribution in [2.45, 2.75) is 13.0 Å². The first-order valence-electron chi connectivity index (χ1n) is 6.50. The maximum atomic E-state index is 5.86. The molecule has 0 saturated heterocycles. The molecule has 3 rings (SSSR count). The van der Waals surface area contributed by atoms with Gasteiger partial charge in [0.05, 0.1) is 10.7 Å². The van der Waals surface area contributed by atoms with Crippen molar-refractivity contribution in [3.05, 3.63) is 70.3 Å². The van der Waals surface area contributed by atoms with E-state index in [1.807, 2.05) is 42.7 Å². The molecule has 0 aliphatic carbocycles. The molecule has 0 radical (unpaired) electrons. The van der Waals surface area contributed by atoms with Gasteiger partial charge >= 0.3 is 0 Å². The number of hydrogen-bond donors (Lipinski definition) is 1. The Morgan fingerprint density at radius 3 is 2.45 bits per heavy atom. The van der Waals surface area contributed by atoms with Crippen LogP contribution in [0.15, 0.2) is 54.9 Å². The van der Waals surface area contributed by atoms with Crippen LogP contribution in [0.2, 0.25) is 0 Å². The van der Waals surface area contributed by atoms with Gasteiger partial charge in [-0.15, -0.1) is 11.3 Å². The highest BCUT2D eigenvalue weighted by atomic mass is 32.1. The summed E-state index contributed by atoms with van der Waals surface area (Å²) in [6.07, 6.45) is 4.45. The molecule has 0 atom stereocenters. The van der Waals surface area contributed by atoms with Gasteiger partial charge in [0.1, 0.15) is 0 Å². The highest BCUT2D eigenvalue weighted by Gasteiger charge is 2.12. The van der Waals surface area contributed by atoms with Gasteiger partial charge in [0.2, 0.25) is 0 Å². The molecule has 100 valence electrons. The summed E-state index contributed by atoms with van der Waals surface area (Å²) in [5, 5.41) is 1.09. The zero-order chi connectivity index (χ0) is 13.8. The summed E-state index contributed by atoms with van der Waals surface area (Å²) in [6, 6.07) is 14.2. The van der Waals surface area contributed by atoms with Crippen LogP contribution in [0.1, 0.15) is 15.4 Å². The molecule has 4 heteroatoms. The fourth-order valence-corrected chi connectivity index (χ4v) is 3.11. The predicted molar refractivity (Wildman–Crippen MR) is 82.5 cm³/mol. The molecule has 0 saturated carbocycles. The van der Waals surface area contributed by atoms with Crippen molar-refractivity contribution >= 4 is 11.3 Å². The van der Waals surface area contributed by atoms with Gasteiger partial charge in [0.25, 0.3) is 0 Å². The standard InChI is InChI=1S/C16H15N3S/c17-11-14-16(13-4-2-1-3-5-13)19-15(20-14)10-12-6-8-18-9-7-12/h1-9H,10-11,17H2. The number of nitrogens with zero attached hydrogens (tertiary/aromatic N) is 2. The van der Waals surface area contributed by atoms with Crippen LogP contribution in [0.25, 0.3) is 11.3 Å². The number of pyridine rings is 1. The number of thiazole rings is 1. The molecule has 1 aromatic carbocycles. The highest BCUT2D eigenvalue weighted by Crippen LogP contribution is 2.28. The average molecular weight is 281 g/mol. The molecule has 2 N–H and O–H groups in total. The quantitative estimate of drug-likeness (QED) is 0.798. The summed E-state index contributed by atoms with van der Waals surface area (Å²) in [4.78, 5) is 9.94. The zero-order valence-corrected chi connectivity index (χ0v) is 11.8. The van der Waals surface area contributed by atoms with Crippen LogP contribution in [0.3, 0.4) is 0 Å². The summed E-state index contributed by atoms with van der Waals surface area (Å²) in [5.74, 6) is 0. The van der Waals surface area contributed by atoms with Gasteiger partial charge in [-0.1, -0.05) is 30.3 Å². The molecule has 2 heterocycles. The second-order valence-electron chi connectivity index (χ2n) is 4.48. The normalized spacial score (nSPS) is 10.7. The second kappa shape index (κ2) is 5.94. The third kappa shape index (κ3) is 2.76. The minimum absolute atomic E-state index is 0.526. The highest BCUT2D eigenvalue weighted by molar-refractivity contribution is 7.12. The van der Waals surface area contributed by atoms with Gasteiger partial charge in [-0.2, -0.15) is 0 Å². The van der Waals surface area contributed by atoms with Gasteiger partial charge in [-0.25, -0.2) is 4.98 Å². The average Bonchev–Trinajstić information content (AvgIpc) is 2.92. The van der Waals surface area contributed by atoms with Crippen molar-refractivity contribution in [3.63, 3.8) is 0 Å². The van der Waals surface area contributed by atoms with Gasteiger partial charge in [-0.05, 0) is 17.7 Å². The molecular formula is C16H15N3S. The smallest absolute Gasteiger partial charge is 0.0979 e. The number of nitrogens with two attached hydrogens (primary N) is 1. The van der Waals surface area contributed by atoms with E-state index in [4.69, 9.17) is 10.7 Å². The lowest BCUT2D eigenvalue weighted by molar-refractivity contribution is 1.09. The molecule has 0 unspecified atom stereocenters. The molecule has 0 aliphatic rings. The fraction of sp³-hybridized carbons (Fsp3) is 0.125. The van der Waals surface area contributed by atoms with E-state index in [2.05, 4.69) is 17.1 Å². The number of hydrogen-bond acceptors (Lipinski definition) is 4. The van der Waals surface area contributed by atoms with Crippen LogP contribution < -0.4 is 5.73 Å². The van der Waals surface area contributed by atoms with Crippen molar-refractivity contribution < 1.29 is 0 Å². The van der Waals surface area contributed by atoms with Crippen molar-refractivity contribution in [2.75, 3.05) is 0 Å². The van der Waals surface area contributed by atoms with Crippen LogP contribution in [-0.2, 0) is 13.0 Å². The monoisotopic (exact) mass is 281 g/mol. The minimum atomic E-state index is 0.526. The maximum Gasteiger partial charge on any atom is 0.0979 e. The molecule has 0 bridgehead atoms. The van der Waals surface area contributed by atoms with Crippen LogP contribution in [0, 0.1) is 0 Å². The Morgan fingerprint density at radius 1 is 1.00 bits per heavy atom. The SMILES string of the molecule is NCc1sc(Cc2ccncc2)nc1-c1ccccc1. The van der Waals surface area contributed by atoms with E-state index in [0.29, 0.717) is 6.54 Å². The Balaban J connectivity index is 1.93. The summed E-state index contributed by atoms with van der Waals surface area (Å²) >= 11 is 1.69. The zero-order valence-electron chi connectivity index (χ0n) is 11.0. The molecule has 0 aliphatic heterocycles. The molecular weight excluding hydrogens is 266 g/mol. The lowest BCUT2D eigenvalue weighted by atomic mass is 10.1. The van der Waals surface area contributed by atoms with Gasteiger partial charge in [0.15, 0.2) is 0 Å². The fourth-order valence-electron chi connectivity index (χ4n) is 2.11. The first-order chi connectivity index (χ1) is 9.86. The van der Waals surface area contributed by atoms with Crippen molar-refractivity contribution in [1.29, 1.82) is 0 Å². The Kier molecular flexibility index (Phi) is 3.85. The minimum Gasteiger partial charge on any atom is -0.326 e. The third-order valence-corrected chi connectivity index (χ3v) is 4.16. The van der Waals surface area contributed by atoms with Crippen LogP contribution in [-0.4, -0.2) is 9.97 Å². The van der Waals surface area contributed by atoms with Gasteiger partial charge in [0, 0.05) is 35.8 Å². The van der Waals surface area contributed by atoms with Crippen LogP contribution in [0.4, 0.5) is 0 Å². The molecule has 0 fully saturated rings. The van der Waals surface area contributed by atoms with Crippen molar-refractivity contribution in [3.8, 4) is 11.3 Å². The number of rotatable bonds is 4. The Bertz CT molecular complexity index is 677. The van der Waals surface area contributed by atoms with Crippen LogP contribution in [0.5, 0.6) is 0 Å². The third-order valence-electron chi connectivity index (χ3n) is 3.08. The molecule has 3 nitrogen and oxygen atoms in total. The Morgan fingerprint density at radius 2 is 1.75 bits per heavy atom. The topological polar surface area (TPSA) is 51.8 Å². The van der Waals surface area contributed by atoms with E-state index in [1.54, 1.807) is 11.3 Å². The first-order valence-corrected chi connectivity index (χ1v) is 7.31. The summed E-state index contributed by atoms with van der Waals surface area (Å²) in [7, 11) is 0. The molecule has 2 aromatic heterocycles. The largest absolute Gasteiger partial charge is 0.326 e. The van der Waals surface area contributed by atoms with Crippen molar-refractivity contribution in [1.82, 2.24) is 9.97 Å². The second-order valence-corrected chi connectivity index (χ2v) is 5.65. The summed E-state index contributed by atoms with van der Waals surface area (Å²) < 4.78 is 0. The van der Waals surface area contributed by atoms with Crippen molar-refractivity contribution in [2.24, 2.45) is 5.73 Å². The van der Waals surface area contributed by atoms with E-state index < -0.39 is 0 Å². The first kappa shape index (κ1) is 13.0. The van der Waals surface area contributed by atoms with E-state index >= 15 is 0 Å². The van der Waals surface area contributed by atoms with E-state index in [9.17, 15) is 0 Å². The number of benzene rings is 1. The summed E-state index contributed by atoms with van der Waals surface area (Å²) in [5.41, 5.74) is 9.22. The molecule has 3 aromatic rings. The summed E-state index contributed by atoms with van der Waals surface area (Å²) in [6.45, 7) is 0.526. The maximum absolute atomic E-state index is 5.86. The lowest BCUT2D eigenvalue weighted by Gasteiger charge is -1.98.